The first-order valence-corrected chi connectivity index (χ1v) is 14.0. The number of rotatable bonds is 7. The van der Waals surface area contributed by atoms with Crippen LogP contribution in [0.1, 0.15) is 47.2 Å². The van der Waals surface area contributed by atoms with Gasteiger partial charge in [-0.1, -0.05) is 12.1 Å². The first-order valence-electron chi connectivity index (χ1n) is 14.0. The molecule has 0 aliphatic carbocycles. The molecule has 6 rings (SSSR count). The third-order valence-electron chi connectivity index (χ3n) is 8.45. The van der Waals surface area contributed by atoms with Gasteiger partial charge in [0.1, 0.15) is 11.4 Å². The number of hydrogen-bond acceptors (Lipinski definition) is 8. The fourth-order valence-electron chi connectivity index (χ4n) is 6.08. The molecule has 2 saturated heterocycles. The molecule has 2 aromatic carbocycles. The van der Waals surface area contributed by atoms with Crippen LogP contribution in [0.3, 0.4) is 0 Å². The minimum absolute atomic E-state index is 0.0570. The maximum absolute atomic E-state index is 13.9. The van der Waals surface area contributed by atoms with Gasteiger partial charge >= 0.3 is 12.8 Å². The summed E-state index contributed by atoms with van der Waals surface area (Å²) in [7, 11) is 0. The summed E-state index contributed by atoms with van der Waals surface area (Å²) in [5.41, 5.74) is 0.895. The SMILES string of the molecule is O=C1NCc2cccc(Nc3nc(Nc4ccc(N5CCC6(CCNCC6)CC5)cc4OC(F)F)ncc3C(F)(F)F)c21. The maximum atomic E-state index is 13.9. The average Bonchev–Trinajstić information content (AvgIpc) is 3.36. The van der Waals surface area contributed by atoms with E-state index >= 15 is 0 Å². The highest BCUT2D eigenvalue weighted by Gasteiger charge is 2.37. The van der Waals surface area contributed by atoms with Gasteiger partial charge in [0.2, 0.25) is 5.95 Å². The topological polar surface area (TPSA) is 103 Å². The Morgan fingerprint density at radius 2 is 1.77 bits per heavy atom. The fraction of sp³-hybridized carbons (Fsp3) is 0.414. The first kappa shape index (κ1) is 28.9. The molecule has 0 radical (unpaired) electrons. The molecule has 1 aromatic heterocycles. The number of nitrogens with zero attached hydrogens (tertiary/aromatic N) is 3. The van der Waals surface area contributed by atoms with Crippen LogP contribution < -0.4 is 30.9 Å². The van der Waals surface area contributed by atoms with E-state index < -0.39 is 30.1 Å². The molecule has 0 unspecified atom stereocenters. The van der Waals surface area contributed by atoms with Crippen molar-refractivity contribution in [2.45, 2.75) is 45.0 Å². The first-order chi connectivity index (χ1) is 20.6. The molecule has 14 heteroatoms. The summed E-state index contributed by atoms with van der Waals surface area (Å²) in [4.78, 5) is 22.2. The lowest BCUT2D eigenvalue weighted by molar-refractivity contribution is -0.137. The second-order valence-corrected chi connectivity index (χ2v) is 11.0. The third kappa shape index (κ3) is 6.14. The standard InChI is InChI=1S/C29H30F5N7O2/c30-26(31)43-22-14-18(41-12-8-28(9-13-41)6-10-35-11-7-28)4-5-20(22)39-27-37-16-19(29(32,33)34)24(40-27)38-21-3-1-2-17-15-36-25(42)23(17)21/h1-5,14,16,26,35H,6-13,15H2,(H,36,42)(H2,37,38,39,40). The number of amides is 1. The van der Waals surface area contributed by atoms with Gasteiger partial charge in [-0.3, -0.25) is 4.79 Å². The van der Waals surface area contributed by atoms with Gasteiger partial charge in [-0.25, -0.2) is 4.98 Å². The van der Waals surface area contributed by atoms with Gasteiger partial charge in [0.15, 0.2) is 5.75 Å². The van der Waals surface area contributed by atoms with Crippen LogP contribution in [-0.4, -0.2) is 48.7 Å². The number of nitrogens with one attached hydrogen (secondary N) is 4. The van der Waals surface area contributed by atoms with E-state index in [4.69, 9.17) is 4.74 Å². The molecular weight excluding hydrogens is 573 g/mol. The molecule has 3 aromatic rings. The Kier molecular flexibility index (Phi) is 7.71. The van der Waals surface area contributed by atoms with Crippen LogP contribution in [0.2, 0.25) is 0 Å². The summed E-state index contributed by atoms with van der Waals surface area (Å²) in [5.74, 6) is -1.51. The highest BCUT2D eigenvalue weighted by Crippen LogP contribution is 2.42. The van der Waals surface area contributed by atoms with Crippen LogP contribution in [-0.2, 0) is 12.7 Å². The number of piperidine rings is 2. The normalized spacial score (nSPS) is 18.0. The third-order valence-corrected chi connectivity index (χ3v) is 8.45. The second-order valence-electron chi connectivity index (χ2n) is 11.0. The largest absolute Gasteiger partial charge is 0.433 e. The van der Waals surface area contributed by atoms with E-state index in [9.17, 15) is 26.7 Å². The number of ether oxygens (including phenoxy) is 1. The van der Waals surface area contributed by atoms with Crippen molar-refractivity contribution in [1.82, 2.24) is 20.6 Å². The zero-order chi connectivity index (χ0) is 30.2. The number of aromatic nitrogens is 2. The smallest absolute Gasteiger partial charge is 0.421 e. The zero-order valence-corrected chi connectivity index (χ0v) is 23.0. The van der Waals surface area contributed by atoms with Gasteiger partial charge in [0, 0.05) is 37.6 Å². The molecule has 2 fully saturated rings. The quantitative estimate of drug-likeness (QED) is 0.252. The Balaban J connectivity index is 1.26. The van der Waals surface area contributed by atoms with Crippen molar-refractivity contribution in [3.8, 4) is 5.75 Å². The monoisotopic (exact) mass is 603 g/mol. The number of hydrogen-bond donors (Lipinski definition) is 4. The van der Waals surface area contributed by atoms with E-state index in [2.05, 4.69) is 36.1 Å². The molecule has 0 saturated carbocycles. The molecule has 3 aliphatic rings. The number of anilines is 5. The Morgan fingerprint density at radius 1 is 1.00 bits per heavy atom. The van der Waals surface area contributed by atoms with Gasteiger partial charge in [-0.05, 0) is 68.0 Å². The summed E-state index contributed by atoms with van der Waals surface area (Å²) in [6, 6.07) is 9.53. The van der Waals surface area contributed by atoms with Gasteiger partial charge in [-0.15, -0.1) is 0 Å². The van der Waals surface area contributed by atoms with Crippen molar-refractivity contribution in [3.63, 3.8) is 0 Å². The van der Waals surface area contributed by atoms with E-state index in [1.54, 1.807) is 18.2 Å². The number of carbonyl (C=O) groups excluding carboxylic acids is 1. The Labute approximate surface area is 244 Å². The Bertz CT molecular complexity index is 1500. The maximum Gasteiger partial charge on any atom is 0.421 e. The van der Waals surface area contributed by atoms with E-state index in [1.807, 2.05) is 0 Å². The van der Waals surface area contributed by atoms with Crippen LogP contribution in [0.15, 0.2) is 42.6 Å². The average molecular weight is 604 g/mol. The molecular formula is C29H30F5N7O2. The predicted molar refractivity (Wildman–Crippen MR) is 150 cm³/mol. The highest BCUT2D eigenvalue weighted by molar-refractivity contribution is 6.04. The number of benzene rings is 2. The summed E-state index contributed by atoms with van der Waals surface area (Å²) >= 11 is 0. The molecule has 1 amide bonds. The minimum Gasteiger partial charge on any atom is -0.433 e. The van der Waals surface area contributed by atoms with Crippen LogP contribution in [0.4, 0.5) is 50.8 Å². The molecule has 1 spiro atoms. The van der Waals surface area contributed by atoms with Crippen LogP contribution in [0, 0.1) is 5.41 Å². The number of alkyl halides is 5. The summed E-state index contributed by atoms with van der Waals surface area (Å²) in [5, 5.41) is 11.4. The van der Waals surface area contributed by atoms with E-state index in [1.165, 1.54) is 18.2 Å². The molecule has 0 bridgehead atoms. The van der Waals surface area contributed by atoms with Gasteiger partial charge < -0.3 is 30.9 Å². The minimum atomic E-state index is -4.81. The van der Waals surface area contributed by atoms with Gasteiger partial charge in [0.25, 0.3) is 5.91 Å². The summed E-state index contributed by atoms with van der Waals surface area (Å²) in [6.07, 6.45) is 0.0180. The van der Waals surface area contributed by atoms with Crippen LogP contribution in [0.5, 0.6) is 5.75 Å². The second kappa shape index (κ2) is 11.5. The Hall–Kier alpha value is -4.20. The van der Waals surface area contributed by atoms with Crippen molar-refractivity contribution in [1.29, 1.82) is 0 Å². The molecule has 4 N–H and O–H groups in total. The summed E-state index contributed by atoms with van der Waals surface area (Å²) < 4.78 is 73.3. The van der Waals surface area contributed by atoms with E-state index in [0.717, 1.165) is 51.9 Å². The van der Waals surface area contributed by atoms with E-state index in [0.29, 0.717) is 22.9 Å². The van der Waals surface area contributed by atoms with E-state index in [-0.39, 0.29) is 35.2 Å². The number of fused-ring (bicyclic) bond motifs is 1. The lowest BCUT2D eigenvalue weighted by Gasteiger charge is -2.45. The molecule has 228 valence electrons. The van der Waals surface area contributed by atoms with Crippen LogP contribution >= 0.6 is 0 Å². The molecule has 9 nitrogen and oxygen atoms in total. The Morgan fingerprint density at radius 3 is 2.49 bits per heavy atom. The number of carbonyl (C=O) groups is 1. The summed E-state index contributed by atoms with van der Waals surface area (Å²) in [6.45, 7) is 0.674. The molecule has 3 aliphatic heterocycles. The lowest BCUT2D eigenvalue weighted by Crippen LogP contribution is -2.45. The fourth-order valence-corrected chi connectivity index (χ4v) is 6.08. The molecule has 4 heterocycles. The van der Waals surface area contributed by atoms with Crippen LogP contribution in [0.25, 0.3) is 0 Å². The predicted octanol–water partition coefficient (Wildman–Crippen LogP) is 5.80. The lowest BCUT2D eigenvalue weighted by atomic mass is 9.71. The van der Waals surface area contributed by atoms with Gasteiger partial charge in [0.05, 0.1) is 16.9 Å². The molecule has 43 heavy (non-hydrogen) atoms. The van der Waals surface area contributed by atoms with Crippen molar-refractivity contribution < 1.29 is 31.5 Å². The number of halogens is 5. The molecule has 0 atom stereocenters. The van der Waals surface area contributed by atoms with Crippen molar-refractivity contribution in [2.24, 2.45) is 5.41 Å². The van der Waals surface area contributed by atoms with Crippen molar-refractivity contribution in [3.05, 3.63) is 59.3 Å². The highest BCUT2D eigenvalue weighted by atomic mass is 19.4. The van der Waals surface area contributed by atoms with Crippen molar-refractivity contribution in [2.75, 3.05) is 41.7 Å². The van der Waals surface area contributed by atoms with Gasteiger partial charge in [-0.2, -0.15) is 26.9 Å². The zero-order valence-electron chi connectivity index (χ0n) is 23.0. The van der Waals surface area contributed by atoms with Crippen molar-refractivity contribution >= 4 is 34.7 Å².